The van der Waals surface area contributed by atoms with E-state index in [-0.39, 0.29) is 11.6 Å². The predicted octanol–water partition coefficient (Wildman–Crippen LogP) is 4.41. The highest BCUT2D eigenvalue weighted by Gasteiger charge is 2.25. The Hall–Kier alpha value is -3.74. The fraction of sp³-hybridized carbons (Fsp3) is 0.250. The van der Waals surface area contributed by atoms with Crippen molar-refractivity contribution in [3.8, 4) is 11.4 Å². The van der Waals surface area contributed by atoms with E-state index in [1.165, 1.54) is 0 Å². The molecule has 0 saturated heterocycles. The van der Waals surface area contributed by atoms with Crippen LogP contribution in [0.3, 0.4) is 0 Å². The van der Waals surface area contributed by atoms with Gasteiger partial charge in [0.2, 0.25) is 0 Å². The summed E-state index contributed by atoms with van der Waals surface area (Å²) in [5.41, 5.74) is 3.97. The van der Waals surface area contributed by atoms with Crippen molar-refractivity contribution >= 4 is 33.2 Å². The van der Waals surface area contributed by atoms with Gasteiger partial charge in [-0.15, -0.1) is 0 Å². The summed E-state index contributed by atoms with van der Waals surface area (Å²) in [6.07, 6.45) is 5.98. The topological polar surface area (TPSA) is 74.8 Å². The first kappa shape index (κ1) is 18.1. The van der Waals surface area contributed by atoms with Gasteiger partial charge < -0.3 is 4.74 Å². The minimum atomic E-state index is -0.0554. The van der Waals surface area contributed by atoms with Gasteiger partial charge in [0.25, 0.3) is 5.56 Å². The molecule has 0 aliphatic heterocycles. The molecular weight excluding hydrogens is 390 g/mol. The van der Waals surface area contributed by atoms with Crippen molar-refractivity contribution in [2.45, 2.75) is 31.7 Å². The Morgan fingerprint density at radius 1 is 0.935 bits per heavy atom. The summed E-state index contributed by atoms with van der Waals surface area (Å²) in [4.78, 5) is 28.2. The maximum absolute atomic E-state index is 13.7. The molecule has 154 valence electrons. The third-order valence-electron chi connectivity index (χ3n) is 6.23. The molecule has 1 aliphatic rings. The largest absolute Gasteiger partial charge is 0.495 e. The van der Waals surface area contributed by atoms with Crippen LogP contribution in [0, 0.1) is 0 Å². The van der Waals surface area contributed by atoms with Crippen molar-refractivity contribution < 1.29 is 4.74 Å². The zero-order valence-corrected chi connectivity index (χ0v) is 17.2. The van der Waals surface area contributed by atoms with Gasteiger partial charge in [0.05, 0.1) is 23.8 Å². The van der Waals surface area contributed by atoms with Crippen molar-refractivity contribution in [3.05, 3.63) is 65.2 Å². The van der Waals surface area contributed by atoms with Crippen LogP contribution in [0.2, 0.25) is 0 Å². The molecule has 0 amide bonds. The van der Waals surface area contributed by atoms with Crippen molar-refractivity contribution in [3.63, 3.8) is 0 Å². The summed E-state index contributed by atoms with van der Waals surface area (Å²) in [6, 6.07) is 15.6. The Morgan fingerprint density at radius 3 is 2.42 bits per heavy atom. The van der Waals surface area contributed by atoms with E-state index in [0.29, 0.717) is 27.9 Å². The summed E-state index contributed by atoms with van der Waals surface area (Å²) in [7, 11) is 1.63. The van der Waals surface area contributed by atoms with Crippen LogP contribution in [-0.2, 0) is 0 Å². The SMILES string of the molecule is COc1ccccc1-n1c2nc3ccccc3nc2c2c(=O)n(C3CCCC3)cnc21. The van der Waals surface area contributed by atoms with E-state index < -0.39 is 0 Å². The Kier molecular flexibility index (Phi) is 4.02. The average Bonchev–Trinajstić information content (AvgIpc) is 3.44. The smallest absolute Gasteiger partial charge is 0.265 e. The highest BCUT2D eigenvalue weighted by Crippen LogP contribution is 2.33. The summed E-state index contributed by atoms with van der Waals surface area (Å²) in [5, 5.41) is 0.508. The monoisotopic (exact) mass is 411 g/mol. The van der Waals surface area contributed by atoms with Gasteiger partial charge in [-0.1, -0.05) is 37.1 Å². The molecule has 31 heavy (non-hydrogen) atoms. The zero-order chi connectivity index (χ0) is 20.9. The number of methoxy groups -OCH3 is 1. The quantitative estimate of drug-likeness (QED) is 0.440. The minimum absolute atomic E-state index is 0.0554. The molecule has 1 saturated carbocycles. The predicted molar refractivity (Wildman–Crippen MR) is 120 cm³/mol. The molecular formula is C24H21N5O2. The number of hydrogen-bond donors (Lipinski definition) is 0. The molecule has 3 heterocycles. The standard InChI is InChI=1S/C24H21N5O2/c1-31-19-13-7-6-12-18(19)29-22-20(24(30)28(14-25-22)15-8-2-3-9-15)21-23(29)27-17-11-5-4-10-16(17)26-21/h4-7,10-15H,2-3,8-9H2,1H3. The Morgan fingerprint density at radius 2 is 1.65 bits per heavy atom. The molecule has 2 aromatic carbocycles. The molecule has 0 spiro atoms. The zero-order valence-electron chi connectivity index (χ0n) is 17.2. The normalized spacial score (nSPS) is 14.7. The van der Waals surface area contributed by atoms with Crippen LogP contribution in [0.5, 0.6) is 5.75 Å². The first-order valence-electron chi connectivity index (χ1n) is 10.6. The lowest BCUT2D eigenvalue weighted by Gasteiger charge is -2.13. The number of para-hydroxylation sites is 4. The molecule has 0 N–H and O–H groups in total. The Balaban J connectivity index is 1.78. The van der Waals surface area contributed by atoms with E-state index in [9.17, 15) is 4.79 Å². The van der Waals surface area contributed by atoms with Gasteiger partial charge in [-0.2, -0.15) is 0 Å². The minimum Gasteiger partial charge on any atom is -0.495 e. The second-order valence-corrected chi connectivity index (χ2v) is 7.99. The van der Waals surface area contributed by atoms with Crippen molar-refractivity contribution in [2.24, 2.45) is 0 Å². The van der Waals surface area contributed by atoms with Crippen LogP contribution < -0.4 is 10.3 Å². The average molecular weight is 411 g/mol. The lowest BCUT2D eigenvalue weighted by Crippen LogP contribution is -2.23. The van der Waals surface area contributed by atoms with Crippen LogP contribution >= 0.6 is 0 Å². The number of benzene rings is 2. The van der Waals surface area contributed by atoms with Gasteiger partial charge in [-0.25, -0.2) is 15.0 Å². The van der Waals surface area contributed by atoms with Crippen LogP contribution in [0.1, 0.15) is 31.7 Å². The molecule has 7 nitrogen and oxygen atoms in total. The van der Waals surface area contributed by atoms with Gasteiger partial charge in [-0.05, 0) is 37.1 Å². The molecule has 0 radical (unpaired) electrons. The number of hydrogen-bond acceptors (Lipinski definition) is 5. The number of ether oxygens (including phenoxy) is 1. The Bertz CT molecular complexity index is 1510. The van der Waals surface area contributed by atoms with E-state index in [1.807, 2.05) is 53.1 Å². The fourth-order valence-corrected chi connectivity index (χ4v) is 4.74. The van der Waals surface area contributed by atoms with Crippen molar-refractivity contribution in [1.82, 2.24) is 24.1 Å². The summed E-state index contributed by atoms with van der Waals surface area (Å²) in [6.45, 7) is 0. The van der Waals surface area contributed by atoms with Crippen LogP contribution in [0.25, 0.3) is 38.9 Å². The van der Waals surface area contributed by atoms with E-state index >= 15 is 0 Å². The summed E-state index contributed by atoms with van der Waals surface area (Å²) < 4.78 is 9.29. The van der Waals surface area contributed by atoms with Crippen LogP contribution in [0.15, 0.2) is 59.7 Å². The fourth-order valence-electron chi connectivity index (χ4n) is 4.74. The van der Waals surface area contributed by atoms with Gasteiger partial charge in [0, 0.05) is 6.04 Å². The second kappa shape index (κ2) is 6.91. The van der Waals surface area contributed by atoms with Gasteiger partial charge in [0.15, 0.2) is 11.3 Å². The molecule has 1 fully saturated rings. The highest BCUT2D eigenvalue weighted by atomic mass is 16.5. The van der Waals surface area contributed by atoms with Gasteiger partial charge >= 0.3 is 0 Å². The lowest BCUT2D eigenvalue weighted by atomic mass is 10.2. The van der Waals surface area contributed by atoms with E-state index in [1.54, 1.807) is 18.0 Å². The second-order valence-electron chi connectivity index (χ2n) is 7.99. The molecule has 1 aliphatic carbocycles. The molecule has 0 unspecified atom stereocenters. The third kappa shape index (κ3) is 2.66. The van der Waals surface area contributed by atoms with E-state index in [0.717, 1.165) is 42.4 Å². The third-order valence-corrected chi connectivity index (χ3v) is 6.23. The molecule has 6 rings (SSSR count). The van der Waals surface area contributed by atoms with Gasteiger partial charge in [0.1, 0.15) is 23.0 Å². The molecule has 3 aromatic heterocycles. The van der Waals surface area contributed by atoms with E-state index in [4.69, 9.17) is 19.7 Å². The Labute approximate surface area is 178 Å². The van der Waals surface area contributed by atoms with Crippen LogP contribution in [-0.4, -0.2) is 31.2 Å². The summed E-state index contributed by atoms with van der Waals surface area (Å²) >= 11 is 0. The van der Waals surface area contributed by atoms with Crippen molar-refractivity contribution in [1.29, 1.82) is 0 Å². The number of nitrogens with zero attached hydrogens (tertiary/aromatic N) is 5. The number of fused-ring (bicyclic) bond motifs is 4. The highest BCUT2D eigenvalue weighted by molar-refractivity contribution is 6.06. The van der Waals surface area contributed by atoms with Crippen molar-refractivity contribution in [2.75, 3.05) is 7.11 Å². The first-order chi connectivity index (χ1) is 15.3. The molecule has 5 aromatic rings. The first-order valence-corrected chi connectivity index (χ1v) is 10.6. The number of rotatable bonds is 3. The van der Waals surface area contributed by atoms with E-state index in [2.05, 4.69) is 0 Å². The lowest BCUT2D eigenvalue weighted by molar-refractivity contribution is 0.413. The molecule has 0 bridgehead atoms. The molecule has 7 heteroatoms. The van der Waals surface area contributed by atoms with Gasteiger partial charge in [-0.3, -0.25) is 13.9 Å². The maximum atomic E-state index is 13.7. The summed E-state index contributed by atoms with van der Waals surface area (Å²) in [5.74, 6) is 0.679. The maximum Gasteiger partial charge on any atom is 0.265 e. The molecule has 0 atom stereocenters. The van der Waals surface area contributed by atoms with Crippen LogP contribution in [0.4, 0.5) is 0 Å². The number of aromatic nitrogens is 5.